The number of nitrogens with zero attached hydrogens (tertiary/aromatic N) is 1. The molecule has 0 saturated heterocycles. The molecular formula is C13H15NO3. The molecule has 1 aromatic rings. The molecule has 0 unspecified atom stereocenters. The van der Waals surface area contributed by atoms with Gasteiger partial charge in [0, 0.05) is 12.1 Å². The molecule has 4 heteroatoms. The van der Waals surface area contributed by atoms with Crippen LogP contribution in [0, 0.1) is 6.92 Å². The molecule has 0 radical (unpaired) electrons. The van der Waals surface area contributed by atoms with E-state index in [1.165, 1.54) is 0 Å². The van der Waals surface area contributed by atoms with Gasteiger partial charge in [-0.05, 0) is 19.4 Å². The molecule has 0 amide bonds. The summed E-state index contributed by atoms with van der Waals surface area (Å²) in [6.07, 6.45) is 0.109. The SMILES string of the molecule is CC1=N[C@H](C(=O)O)C[C@]1(O)c1cccc(C)c1. The van der Waals surface area contributed by atoms with Crippen LogP contribution in [0.1, 0.15) is 24.5 Å². The summed E-state index contributed by atoms with van der Waals surface area (Å²) >= 11 is 0. The number of carboxylic acid groups (broad SMARTS) is 1. The molecule has 2 N–H and O–H groups in total. The van der Waals surface area contributed by atoms with Gasteiger partial charge in [0.1, 0.15) is 5.60 Å². The molecule has 1 aromatic carbocycles. The Hall–Kier alpha value is -1.68. The molecule has 2 rings (SSSR count). The summed E-state index contributed by atoms with van der Waals surface area (Å²) in [7, 11) is 0. The zero-order chi connectivity index (χ0) is 12.6. The number of carbonyl (C=O) groups is 1. The predicted octanol–water partition coefficient (Wildman–Crippen LogP) is 1.50. The number of aliphatic hydroxyl groups is 1. The molecule has 0 aliphatic carbocycles. The van der Waals surface area contributed by atoms with Crippen molar-refractivity contribution in [2.75, 3.05) is 0 Å². The quantitative estimate of drug-likeness (QED) is 0.813. The van der Waals surface area contributed by atoms with Gasteiger partial charge in [-0.2, -0.15) is 0 Å². The molecule has 2 atom stereocenters. The Balaban J connectivity index is 2.39. The maximum absolute atomic E-state index is 10.9. The van der Waals surface area contributed by atoms with Crippen molar-refractivity contribution < 1.29 is 15.0 Å². The fraction of sp³-hybridized carbons (Fsp3) is 0.385. The fourth-order valence-corrected chi connectivity index (χ4v) is 2.19. The molecule has 0 saturated carbocycles. The van der Waals surface area contributed by atoms with E-state index in [4.69, 9.17) is 5.11 Å². The average molecular weight is 233 g/mol. The van der Waals surface area contributed by atoms with Gasteiger partial charge < -0.3 is 10.2 Å². The van der Waals surface area contributed by atoms with Crippen molar-refractivity contribution in [3.8, 4) is 0 Å². The van der Waals surface area contributed by atoms with E-state index in [1.54, 1.807) is 13.0 Å². The third kappa shape index (κ3) is 1.96. The Labute approximate surface area is 99.6 Å². The lowest BCUT2D eigenvalue weighted by Crippen LogP contribution is -2.32. The molecule has 1 heterocycles. The zero-order valence-electron chi connectivity index (χ0n) is 9.84. The van der Waals surface area contributed by atoms with E-state index in [1.807, 2.05) is 25.1 Å². The van der Waals surface area contributed by atoms with Crippen molar-refractivity contribution in [1.29, 1.82) is 0 Å². The minimum absolute atomic E-state index is 0.109. The number of rotatable bonds is 2. The maximum atomic E-state index is 10.9. The van der Waals surface area contributed by atoms with Crippen LogP contribution < -0.4 is 0 Å². The van der Waals surface area contributed by atoms with Gasteiger partial charge in [0.05, 0.1) is 0 Å². The lowest BCUT2D eigenvalue weighted by Gasteiger charge is -2.24. The summed E-state index contributed by atoms with van der Waals surface area (Å²) in [4.78, 5) is 14.9. The van der Waals surface area contributed by atoms with Crippen LogP contribution in [0.2, 0.25) is 0 Å². The minimum Gasteiger partial charge on any atom is -0.480 e. The predicted molar refractivity (Wildman–Crippen MR) is 64.2 cm³/mol. The molecule has 17 heavy (non-hydrogen) atoms. The lowest BCUT2D eigenvalue weighted by molar-refractivity contribution is -0.139. The zero-order valence-corrected chi connectivity index (χ0v) is 9.84. The molecule has 0 aromatic heterocycles. The van der Waals surface area contributed by atoms with Crippen molar-refractivity contribution >= 4 is 11.7 Å². The van der Waals surface area contributed by atoms with Gasteiger partial charge >= 0.3 is 5.97 Å². The van der Waals surface area contributed by atoms with Crippen molar-refractivity contribution in [1.82, 2.24) is 0 Å². The minimum atomic E-state index is -1.24. The van der Waals surface area contributed by atoms with Crippen LogP contribution in [0.15, 0.2) is 29.3 Å². The highest BCUT2D eigenvalue weighted by molar-refractivity contribution is 5.96. The number of aliphatic imine (C=N–C) groups is 1. The molecule has 1 aliphatic heterocycles. The second-order valence-corrected chi connectivity index (χ2v) is 4.50. The Morgan fingerprint density at radius 1 is 1.47 bits per heavy atom. The monoisotopic (exact) mass is 233 g/mol. The first-order valence-electron chi connectivity index (χ1n) is 5.50. The Kier molecular flexibility index (Phi) is 2.75. The third-order valence-electron chi connectivity index (χ3n) is 3.22. The van der Waals surface area contributed by atoms with Crippen molar-refractivity contribution in [3.05, 3.63) is 35.4 Å². The van der Waals surface area contributed by atoms with Gasteiger partial charge in [-0.15, -0.1) is 0 Å². The summed E-state index contributed by atoms with van der Waals surface area (Å²) < 4.78 is 0. The molecule has 4 nitrogen and oxygen atoms in total. The first-order valence-corrected chi connectivity index (χ1v) is 5.50. The van der Waals surface area contributed by atoms with Crippen LogP contribution in [0.3, 0.4) is 0 Å². The molecule has 0 fully saturated rings. The molecule has 0 spiro atoms. The van der Waals surface area contributed by atoms with E-state index >= 15 is 0 Å². The van der Waals surface area contributed by atoms with Crippen molar-refractivity contribution in [2.45, 2.75) is 31.9 Å². The summed E-state index contributed by atoms with van der Waals surface area (Å²) in [6.45, 7) is 3.61. The smallest absolute Gasteiger partial charge is 0.328 e. The molecule has 90 valence electrons. The van der Waals surface area contributed by atoms with Crippen LogP contribution >= 0.6 is 0 Å². The summed E-state index contributed by atoms with van der Waals surface area (Å²) in [5, 5.41) is 19.5. The third-order valence-corrected chi connectivity index (χ3v) is 3.22. The number of hydrogen-bond donors (Lipinski definition) is 2. The topological polar surface area (TPSA) is 69.9 Å². The van der Waals surface area contributed by atoms with E-state index in [9.17, 15) is 9.90 Å². The maximum Gasteiger partial charge on any atom is 0.328 e. The van der Waals surface area contributed by atoms with Gasteiger partial charge in [0.25, 0.3) is 0 Å². The summed E-state index contributed by atoms with van der Waals surface area (Å²) in [5.41, 5.74) is 0.968. The Bertz CT molecular complexity index is 495. The van der Waals surface area contributed by atoms with Gasteiger partial charge in [0.2, 0.25) is 0 Å². The van der Waals surface area contributed by atoms with Gasteiger partial charge in [-0.1, -0.05) is 29.8 Å². The van der Waals surface area contributed by atoms with Gasteiger partial charge in [-0.3, -0.25) is 4.99 Å². The Morgan fingerprint density at radius 2 is 2.18 bits per heavy atom. The highest BCUT2D eigenvalue weighted by Crippen LogP contribution is 2.35. The van der Waals surface area contributed by atoms with E-state index in [0.29, 0.717) is 11.3 Å². The number of aliphatic carboxylic acids is 1. The summed E-state index contributed by atoms with van der Waals surface area (Å²) in [6, 6.07) is 6.60. The van der Waals surface area contributed by atoms with Crippen LogP contribution in [-0.2, 0) is 10.4 Å². The molecular weight excluding hydrogens is 218 g/mol. The highest BCUT2D eigenvalue weighted by Gasteiger charge is 2.43. The normalized spacial score (nSPS) is 27.9. The summed E-state index contributed by atoms with van der Waals surface area (Å²) in [5.74, 6) is -0.993. The molecule has 0 bridgehead atoms. The first-order chi connectivity index (χ1) is 7.93. The van der Waals surface area contributed by atoms with E-state index in [0.717, 1.165) is 5.56 Å². The van der Waals surface area contributed by atoms with E-state index in [-0.39, 0.29) is 6.42 Å². The fourth-order valence-electron chi connectivity index (χ4n) is 2.19. The first kappa shape index (κ1) is 11.8. The van der Waals surface area contributed by atoms with E-state index < -0.39 is 17.6 Å². The van der Waals surface area contributed by atoms with Gasteiger partial charge in [0.15, 0.2) is 6.04 Å². The average Bonchev–Trinajstić information content (AvgIpc) is 2.57. The molecule has 1 aliphatic rings. The van der Waals surface area contributed by atoms with Crippen LogP contribution in [0.4, 0.5) is 0 Å². The van der Waals surface area contributed by atoms with E-state index in [2.05, 4.69) is 4.99 Å². The van der Waals surface area contributed by atoms with Crippen LogP contribution in [-0.4, -0.2) is 27.9 Å². The van der Waals surface area contributed by atoms with Crippen LogP contribution in [0.5, 0.6) is 0 Å². The van der Waals surface area contributed by atoms with Crippen molar-refractivity contribution in [3.63, 3.8) is 0 Å². The standard InChI is InChI=1S/C13H15NO3/c1-8-4-3-5-10(6-8)13(17)7-11(12(15)16)14-9(13)2/h3-6,11,17H,7H2,1-2H3,(H,15,16)/t11-,13+/m0/s1. The highest BCUT2D eigenvalue weighted by atomic mass is 16.4. The Morgan fingerprint density at radius 3 is 2.71 bits per heavy atom. The number of carboxylic acids is 1. The largest absolute Gasteiger partial charge is 0.480 e. The van der Waals surface area contributed by atoms with Gasteiger partial charge in [-0.25, -0.2) is 4.79 Å². The second-order valence-electron chi connectivity index (χ2n) is 4.50. The van der Waals surface area contributed by atoms with Crippen molar-refractivity contribution in [2.24, 2.45) is 4.99 Å². The second kappa shape index (κ2) is 3.96. The van der Waals surface area contributed by atoms with Crippen LogP contribution in [0.25, 0.3) is 0 Å². The number of aryl methyl sites for hydroxylation is 1. The lowest BCUT2D eigenvalue weighted by atomic mass is 9.86. The number of benzene rings is 1. The number of hydrogen-bond acceptors (Lipinski definition) is 3.